The molecule has 0 atom stereocenters. The third-order valence-corrected chi connectivity index (χ3v) is 2.19. The van der Waals surface area contributed by atoms with Gasteiger partial charge in [-0.05, 0) is 0 Å². The van der Waals surface area contributed by atoms with E-state index in [0.29, 0.717) is 0 Å². The van der Waals surface area contributed by atoms with Gasteiger partial charge >= 0.3 is 72.1 Å². The SMILES string of the molecule is [Se-]c1ncnc2ccccc12. The molecule has 0 aliphatic carbocycles. The molecule has 0 bridgehead atoms. The summed E-state index contributed by atoms with van der Waals surface area (Å²) in [5.74, 6) is 0. The predicted octanol–water partition coefficient (Wildman–Crippen LogP) is 0.424. The molecule has 2 nitrogen and oxygen atoms in total. The third-order valence-electron chi connectivity index (χ3n) is 1.51. The number of hydrogen-bond acceptors (Lipinski definition) is 2. The molecule has 1 aromatic heterocycles. The Morgan fingerprint density at radius 2 is 1.91 bits per heavy atom. The van der Waals surface area contributed by atoms with Gasteiger partial charge in [-0.2, -0.15) is 0 Å². The zero-order valence-electron chi connectivity index (χ0n) is 5.69. The van der Waals surface area contributed by atoms with Crippen LogP contribution in [0.5, 0.6) is 0 Å². The van der Waals surface area contributed by atoms with Crippen LogP contribution in [0, 0.1) is 0 Å². The van der Waals surface area contributed by atoms with E-state index in [1.54, 1.807) is 6.33 Å². The molecule has 0 fully saturated rings. The summed E-state index contributed by atoms with van der Waals surface area (Å²) >= 11 is 2.89. The van der Waals surface area contributed by atoms with E-state index in [2.05, 4.69) is 26.0 Å². The molecule has 0 radical (unpaired) electrons. The Kier molecular flexibility index (Phi) is 1.60. The van der Waals surface area contributed by atoms with Crippen molar-refractivity contribution in [3.8, 4) is 0 Å². The third kappa shape index (κ3) is 1.13. The van der Waals surface area contributed by atoms with Gasteiger partial charge in [0, 0.05) is 0 Å². The topological polar surface area (TPSA) is 25.8 Å². The molecule has 0 N–H and O–H groups in total. The van der Waals surface area contributed by atoms with Crippen LogP contribution >= 0.6 is 0 Å². The summed E-state index contributed by atoms with van der Waals surface area (Å²) in [4.78, 5) is 8.15. The molecule has 1 heterocycles. The van der Waals surface area contributed by atoms with Crippen LogP contribution in [0.1, 0.15) is 0 Å². The van der Waals surface area contributed by atoms with Crippen LogP contribution in [-0.4, -0.2) is 26.0 Å². The van der Waals surface area contributed by atoms with Crippen LogP contribution in [0.25, 0.3) is 10.9 Å². The van der Waals surface area contributed by atoms with Crippen LogP contribution in [0.3, 0.4) is 0 Å². The standard InChI is InChI=1S/C8H6N2Se/c11-8-6-3-1-2-4-7(6)9-5-10-8/h1-5H,(H,9,10,11)/p-1. The predicted molar refractivity (Wildman–Crippen MR) is 44.9 cm³/mol. The molecule has 2 rings (SSSR count). The molecule has 0 unspecified atom stereocenters. The van der Waals surface area contributed by atoms with Crippen LogP contribution in [0.4, 0.5) is 0 Å². The molecule has 3 heteroatoms. The number of aromatic nitrogens is 2. The van der Waals surface area contributed by atoms with E-state index in [1.165, 1.54) is 0 Å². The second kappa shape index (κ2) is 2.61. The van der Waals surface area contributed by atoms with E-state index < -0.39 is 0 Å². The molecule has 0 spiro atoms. The van der Waals surface area contributed by atoms with Crippen molar-refractivity contribution in [3.05, 3.63) is 30.6 Å². The molecule has 0 saturated heterocycles. The number of hydrogen-bond donors (Lipinski definition) is 0. The average Bonchev–Trinajstić information content (AvgIpc) is 2.06. The summed E-state index contributed by atoms with van der Waals surface area (Å²) in [6.45, 7) is 0. The average molecular weight is 208 g/mol. The van der Waals surface area contributed by atoms with E-state index >= 15 is 0 Å². The Labute approximate surface area is 72.5 Å². The number of benzene rings is 1. The van der Waals surface area contributed by atoms with E-state index in [4.69, 9.17) is 0 Å². The fourth-order valence-electron chi connectivity index (χ4n) is 0.980. The van der Waals surface area contributed by atoms with Crippen LogP contribution in [0.15, 0.2) is 30.6 Å². The molecular formula is C8H5N2Se-. The molecule has 2 aromatic rings. The zero-order valence-corrected chi connectivity index (χ0v) is 7.40. The molecule has 0 saturated carbocycles. The molecule has 0 amide bonds. The monoisotopic (exact) mass is 209 g/mol. The molecule has 0 aliphatic heterocycles. The first kappa shape index (κ1) is 6.77. The first-order valence-corrected chi connectivity index (χ1v) is 4.10. The molecule has 54 valence electrons. The Morgan fingerprint density at radius 3 is 2.73 bits per heavy atom. The van der Waals surface area contributed by atoms with Crippen molar-refractivity contribution in [1.29, 1.82) is 0 Å². The second-order valence-electron chi connectivity index (χ2n) is 2.20. The van der Waals surface area contributed by atoms with E-state index in [0.717, 1.165) is 15.5 Å². The Bertz CT molecular complexity index is 381. The van der Waals surface area contributed by atoms with Crippen LogP contribution < -0.4 is 4.59 Å². The summed E-state index contributed by atoms with van der Waals surface area (Å²) in [5.41, 5.74) is 0.983. The molecule has 1 aromatic carbocycles. The van der Waals surface area contributed by atoms with Gasteiger partial charge in [-0.25, -0.2) is 0 Å². The van der Waals surface area contributed by atoms with Gasteiger partial charge in [0.25, 0.3) is 0 Å². The van der Waals surface area contributed by atoms with Crippen molar-refractivity contribution < 1.29 is 0 Å². The summed E-state index contributed by atoms with van der Waals surface area (Å²) in [6, 6.07) is 7.92. The van der Waals surface area contributed by atoms with Gasteiger partial charge in [0.1, 0.15) is 0 Å². The van der Waals surface area contributed by atoms with Crippen molar-refractivity contribution >= 4 is 31.5 Å². The van der Waals surface area contributed by atoms with Gasteiger partial charge in [0.2, 0.25) is 0 Å². The minimum absolute atomic E-state index is 0.913. The van der Waals surface area contributed by atoms with Crippen molar-refractivity contribution in [2.24, 2.45) is 0 Å². The van der Waals surface area contributed by atoms with E-state index in [9.17, 15) is 0 Å². The van der Waals surface area contributed by atoms with E-state index in [-0.39, 0.29) is 0 Å². The second-order valence-corrected chi connectivity index (χ2v) is 3.01. The maximum absolute atomic E-state index is 4.11. The number of nitrogens with zero attached hydrogens (tertiary/aromatic N) is 2. The zero-order chi connectivity index (χ0) is 7.68. The first-order chi connectivity index (χ1) is 5.38. The van der Waals surface area contributed by atoms with Gasteiger partial charge in [-0.3, -0.25) is 0 Å². The Balaban J connectivity index is 2.91. The van der Waals surface area contributed by atoms with Gasteiger partial charge in [0.15, 0.2) is 0 Å². The number of para-hydroxylation sites is 1. The molecule has 0 aliphatic rings. The summed E-state index contributed by atoms with van der Waals surface area (Å²) in [5, 5.41) is 1.08. The van der Waals surface area contributed by atoms with Gasteiger partial charge in [-0.15, -0.1) is 0 Å². The summed E-state index contributed by atoms with van der Waals surface area (Å²) < 4.78 is 0.913. The van der Waals surface area contributed by atoms with Crippen molar-refractivity contribution in [1.82, 2.24) is 9.97 Å². The van der Waals surface area contributed by atoms with Crippen LogP contribution in [0.2, 0.25) is 0 Å². The first-order valence-electron chi connectivity index (χ1n) is 3.25. The molecule has 11 heavy (non-hydrogen) atoms. The summed E-state index contributed by atoms with van der Waals surface area (Å²) in [6.07, 6.45) is 1.56. The normalized spacial score (nSPS) is 10.2. The maximum atomic E-state index is 4.11. The van der Waals surface area contributed by atoms with Gasteiger partial charge in [-0.1, -0.05) is 0 Å². The fourth-order valence-corrected chi connectivity index (χ4v) is 1.44. The quantitative estimate of drug-likeness (QED) is 0.586. The summed E-state index contributed by atoms with van der Waals surface area (Å²) in [7, 11) is 0. The van der Waals surface area contributed by atoms with Gasteiger partial charge in [0.05, 0.1) is 0 Å². The Hall–Kier alpha value is -0.921. The van der Waals surface area contributed by atoms with Crippen molar-refractivity contribution in [2.45, 2.75) is 0 Å². The number of fused-ring (bicyclic) bond motifs is 1. The van der Waals surface area contributed by atoms with Gasteiger partial charge < -0.3 is 0 Å². The van der Waals surface area contributed by atoms with Crippen molar-refractivity contribution in [2.75, 3.05) is 0 Å². The Morgan fingerprint density at radius 1 is 1.09 bits per heavy atom. The van der Waals surface area contributed by atoms with Crippen molar-refractivity contribution in [3.63, 3.8) is 0 Å². The van der Waals surface area contributed by atoms with Crippen LogP contribution in [-0.2, 0) is 0 Å². The number of rotatable bonds is 0. The fraction of sp³-hybridized carbons (Fsp3) is 0. The minimum atomic E-state index is 0.913. The molecular weight excluding hydrogens is 203 g/mol. The van der Waals surface area contributed by atoms with E-state index in [1.807, 2.05) is 24.3 Å².